The van der Waals surface area contributed by atoms with Crippen LogP contribution in [0.4, 0.5) is 4.79 Å². The van der Waals surface area contributed by atoms with E-state index in [0.717, 1.165) is 4.90 Å². The monoisotopic (exact) mass is 487 g/mol. The summed E-state index contributed by atoms with van der Waals surface area (Å²) in [5.74, 6) is -2.20. The van der Waals surface area contributed by atoms with Gasteiger partial charge in [0.25, 0.3) is 0 Å². The zero-order valence-electron chi connectivity index (χ0n) is 18.8. The van der Waals surface area contributed by atoms with Gasteiger partial charge >= 0.3 is 12.0 Å². The number of methoxy groups -OCH3 is 1. The molecule has 0 bridgehead atoms. The van der Waals surface area contributed by atoms with E-state index in [0.29, 0.717) is 28.3 Å². The van der Waals surface area contributed by atoms with Gasteiger partial charge < -0.3 is 20.5 Å². The van der Waals surface area contributed by atoms with Crippen molar-refractivity contribution in [2.45, 2.75) is 25.8 Å². The molecule has 1 fully saturated rings. The number of nitrogens with zero attached hydrogens (tertiary/aromatic N) is 1. The Kier molecular flexibility index (Phi) is 8.12. The molecule has 4 amide bonds. The zero-order valence-corrected chi connectivity index (χ0v) is 19.6. The van der Waals surface area contributed by atoms with Crippen LogP contribution in [-0.4, -0.2) is 54.0 Å². The smallest absolute Gasteiger partial charge is 0.335 e. The zero-order chi connectivity index (χ0) is 24.8. The maximum Gasteiger partial charge on any atom is 0.335 e. The number of carboxylic acids is 1. The Morgan fingerprint density at radius 1 is 1.26 bits per heavy atom. The number of amides is 4. The number of imide groups is 1. The molecular formula is C24H26ClN3O6. The molecule has 0 spiro atoms. The van der Waals surface area contributed by atoms with Crippen molar-refractivity contribution in [3.8, 4) is 5.75 Å². The van der Waals surface area contributed by atoms with Crippen LogP contribution in [-0.2, 0) is 16.0 Å². The summed E-state index contributed by atoms with van der Waals surface area (Å²) in [6, 6.07) is 10.0. The fraction of sp³-hybridized carbons (Fsp3) is 0.333. The number of benzene rings is 2. The molecule has 1 aliphatic heterocycles. The van der Waals surface area contributed by atoms with Gasteiger partial charge in [-0.05, 0) is 54.3 Å². The van der Waals surface area contributed by atoms with Crippen LogP contribution in [0.25, 0.3) is 0 Å². The predicted octanol–water partition coefficient (Wildman–Crippen LogP) is 3.02. The Morgan fingerprint density at radius 3 is 2.71 bits per heavy atom. The fourth-order valence-electron chi connectivity index (χ4n) is 3.86. The minimum absolute atomic E-state index is 0.0645. The van der Waals surface area contributed by atoms with E-state index in [-0.39, 0.29) is 18.5 Å². The number of ether oxygens (including phenoxy) is 1. The minimum atomic E-state index is -1.08. The molecule has 1 saturated heterocycles. The van der Waals surface area contributed by atoms with Gasteiger partial charge in [0, 0.05) is 11.6 Å². The maximum atomic E-state index is 13.3. The second-order valence-electron chi connectivity index (χ2n) is 7.93. The summed E-state index contributed by atoms with van der Waals surface area (Å²) in [6.45, 7) is 1.47. The molecule has 1 aliphatic rings. The first-order chi connectivity index (χ1) is 16.2. The lowest BCUT2D eigenvalue weighted by atomic mass is 9.97. The summed E-state index contributed by atoms with van der Waals surface area (Å²) in [6.07, 6.45) is 0.663. The van der Waals surface area contributed by atoms with Gasteiger partial charge in [-0.3, -0.25) is 14.5 Å². The molecule has 10 heteroatoms. The topological polar surface area (TPSA) is 125 Å². The molecule has 0 radical (unpaired) electrons. The first kappa shape index (κ1) is 25.0. The van der Waals surface area contributed by atoms with Crippen molar-refractivity contribution in [2.24, 2.45) is 5.92 Å². The Morgan fingerprint density at radius 2 is 2.03 bits per heavy atom. The molecule has 0 saturated carbocycles. The Bertz CT molecular complexity index is 1110. The molecule has 34 heavy (non-hydrogen) atoms. The Hall–Kier alpha value is -3.59. The number of halogens is 1. The maximum absolute atomic E-state index is 13.3. The molecule has 0 aromatic heterocycles. The molecule has 3 rings (SSSR count). The van der Waals surface area contributed by atoms with Crippen molar-refractivity contribution in [1.82, 2.24) is 15.5 Å². The van der Waals surface area contributed by atoms with E-state index in [1.54, 1.807) is 30.3 Å². The lowest BCUT2D eigenvalue weighted by molar-refractivity contribution is -0.133. The molecular weight excluding hydrogens is 462 g/mol. The summed E-state index contributed by atoms with van der Waals surface area (Å²) < 4.78 is 5.35. The largest absolute Gasteiger partial charge is 0.496 e. The number of rotatable bonds is 7. The third kappa shape index (κ3) is 5.85. The molecule has 0 aliphatic carbocycles. The van der Waals surface area contributed by atoms with Crippen LogP contribution < -0.4 is 15.4 Å². The van der Waals surface area contributed by atoms with E-state index in [2.05, 4.69) is 10.6 Å². The number of nitrogens with one attached hydrogen (secondary N) is 2. The van der Waals surface area contributed by atoms with Crippen LogP contribution >= 0.6 is 11.6 Å². The first-order valence-corrected chi connectivity index (χ1v) is 11.2. The van der Waals surface area contributed by atoms with Crippen LogP contribution in [0.5, 0.6) is 5.75 Å². The van der Waals surface area contributed by atoms with Crippen molar-refractivity contribution >= 4 is 35.4 Å². The van der Waals surface area contributed by atoms with Crippen molar-refractivity contribution in [3.05, 3.63) is 64.2 Å². The molecule has 180 valence electrons. The van der Waals surface area contributed by atoms with Crippen LogP contribution in [0.15, 0.2) is 42.5 Å². The molecule has 1 heterocycles. The fourth-order valence-corrected chi connectivity index (χ4v) is 4.06. The number of hydrogen-bond acceptors (Lipinski definition) is 5. The molecule has 3 N–H and O–H groups in total. The number of carbonyl (C=O) groups is 4. The van der Waals surface area contributed by atoms with Crippen LogP contribution in [0, 0.1) is 5.92 Å². The highest BCUT2D eigenvalue weighted by molar-refractivity contribution is 6.30. The second-order valence-corrected chi connectivity index (χ2v) is 8.36. The van der Waals surface area contributed by atoms with Gasteiger partial charge in [0.15, 0.2) is 0 Å². The van der Waals surface area contributed by atoms with E-state index < -0.39 is 42.3 Å². The van der Waals surface area contributed by atoms with Gasteiger partial charge in [-0.1, -0.05) is 30.7 Å². The number of aromatic carboxylic acids is 1. The number of carbonyl (C=O) groups excluding carboxylic acids is 3. The standard InChI is InChI=1S/C24H26ClN3O6/c1-3-19(14-5-4-6-15(9-14)23(31)32)27-24(33)28-13-21(29)26-12-17(22(28)30)10-16-11-18(25)7-8-20(16)34-2/h4-9,11,17,19H,3,10,12-13H2,1-2H3,(H,26,29)(H,27,33)(H,31,32)/t17-,19+/m1/s1. The summed E-state index contributed by atoms with van der Waals surface area (Å²) in [4.78, 5) is 50.9. The molecule has 2 aromatic carbocycles. The summed E-state index contributed by atoms with van der Waals surface area (Å²) >= 11 is 6.10. The summed E-state index contributed by atoms with van der Waals surface area (Å²) in [7, 11) is 1.51. The molecule has 0 unspecified atom stereocenters. The van der Waals surface area contributed by atoms with Crippen LogP contribution in [0.2, 0.25) is 5.02 Å². The first-order valence-electron chi connectivity index (χ1n) is 10.8. The Balaban J connectivity index is 1.81. The predicted molar refractivity (Wildman–Crippen MR) is 125 cm³/mol. The highest BCUT2D eigenvalue weighted by atomic mass is 35.5. The van der Waals surface area contributed by atoms with Gasteiger partial charge in [0.05, 0.1) is 24.6 Å². The van der Waals surface area contributed by atoms with Gasteiger partial charge in [0.1, 0.15) is 12.3 Å². The van der Waals surface area contributed by atoms with Crippen LogP contribution in [0.3, 0.4) is 0 Å². The van der Waals surface area contributed by atoms with E-state index >= 15 is 0 Å². The lowest BCUT2D eigenvalue weighted by Gasteiger charge is -2.25. The van der Waals surface area contributed by atoms with Gasteiger partial charge in [-0.15, -0.1) is 0 Å². The molecule has 9 nitrogen and oxygen atoms in total. The number of hydrogen-bond donors (Lipinski definition) is 3. The molecule has 2 atom stereocenters. The van der Waals surface area contributed by atoms with Gasteiger partial charge in [-0.2, -0.15) is 0 Å². The van der Waals surface area contributed by atoms with Crippen molar-refractivity contribution in [1.29, 1.82) is 0 Å². The van der Waals surface area contributed by atoms with Gasteiger partial charge in [0.2, 0.25) is 11.8 Å². The quantitative estimate of drug-likeness (QED) is 0.551. The van der Waals surface area contributed by atoms with E-state index in [1.165, 1.54) is 19.2 Å². The van der Waals surface area contributed by atoms with E-state index in [9.17, 15) is 24.3 Å². The molecule has 2 aromatic rings. The normalized spacial score (nSPS) is 16.9. The lowest BCUT2D eigenvalue weighted by Crippen LogP contribution is -2.48. The number of urea groups is 1. The number of carboxylic acid groups (broad SMARTS) is 1. The van der Waals surface area contributed by atoms with Crippen LogP contribution in [0.1, 0.15) is 40.9 Å². The third-order valence-electron chi connectivity index (χ3n) is 5.66. The summed E-state index contributed by atoms with van der Waals surface area (Å²) in [5.41, 5.74) is 1.36. The SMILES string of the molecule is CC[C@H](NC(=O)N1CC(=O)NC[C@@H](Cc2cc(Cl)ccc2OC)C1=O)c1cccc(C(=O)O)c1. The average molecular weight is 488 g/mol. The van der Waals surface area contributed by atoms with E-state index in [4.69, 9.17) is 16.3 Å². The third-order valence-corrected chi connectivity index (χ3v) is 5.89. The highest BCUT2D eigenvalue weighted by Gasteiger charge is 2.35. The van der Waals surface area contributed by atoms with E-state index in [1.807, 2.05) is 6.92 Å². The van der Waals surface area contributed by atoms with Gasteiger partial charge in [-0.25, -0.2) is 9.59 Å². The minimum Gasteiger partial charge on any atom is -0.496 e. The van der Waals surface area contributed by atoms with Crippen molar-refractivity contribution in [2.75, 3.05) is 20.2 Å². The summed E-state index contributed by atoms with van der Waals surface area (Å²) in [5, 5.41) is 15.2. The second kappa shape index (κ2) is 11.0. The van der Waals surface area contributed by atoms with Crippen molar-refractivity contribution in [3.63, 3.8) is 0 Å². The highest BCUT2D eigenvalue weighted by Crippen LogP contribution is 2.26. The van der Waals surface area contributed by atoms with Crippen molar-refractivity contribution < 1.29 is 29.0 Å². The average Bonchev–Trinajstić information content (AvgIpc) is 2.96. The Labute approximate surface area is 202 Å².